The average molecular weight is 573 g/mol. The molecule has 9 N–H and O–H groups in total. The van der Waals surface area contributed by atoms with Crippen molar-refractivity contribution in [1.82, 2.24) is 29.6 Å². The highest BCUT2D eigenvalue weighted by Crippen LogP contribution is 2.40. The molecule has 2 amide bonds. The van der Waals surface area contributed by atoms with E-state index < -0.39 is 57.5 Å². The highest BCUT2D eigenvalue weighted by Gasteiger charge is 2.56. The first-order valence-electron chi connectivity index (χ1n) is 11.0. The van der Waals surface area contributed by atoms with Crippen molar-refractivity contribution in [3.8, 4) is 0 Å². The third kappa shape index (κ3) is 5.43. The summed E-state index contributed by atoms with van der Waals surface area (Å²) < 4.78 is 33.4. The summed E-state index contributed by atoms with van der Waals surface area (Å²) in [6, 6.07) is -3.33. The van der Waals surface area contributed by atoms with E-state index in [0.29, 0.717) is 18.7 Å². The second kappa shape index (κ2) is 10.2. The highest BCUT2D eigenvalue weighted by atomic mass is 32.2. The Morgan fingerprint density at radius 3 is 2.66 bits per heavy atom. The fourth-order valence-corrected chi connectivity index (χ4v) is 5.02. The third-order valence-corrected chi connectivity index (χ3v) is 7.47. The van der Waals surface area contributed by atoms with E-state index in [9.17, 15) is 32.5 Å². The minimum Gasteiger partial charge on any atom is -0.478 e. The molecule has 2 aromatic heterocycles. The number of aliphatic carboxylic acids is 1. The molecule has 0 radical (unpaired) electrons. The van der Waals surface area contributed by atoms with E-state index in [1.807, 2.05) is 0 Å². The van der Waals surface area contributed by atoms with Gasteiger partial charge in [0, 0.05) is 18.2 Å². The number of carbonyl (C=O) groups is 3. The third-order valence-electron chi connectivity index (χ3n) is 5.85. The zero-order chi connectivity index (χ0) is 27.8. The maximum atomic E-state index is 13.1. The van der Waals surface area contributed by atoms with Gasteiger partial charge in [0.05, 0.1) is 24.5 Å². The summed E-state index contributed by atoms with van der Waals surface area (Å²) in [5.74, 6) is -3.44. The number of nitrogens with one attached hydrogen (secondary N) is 1. The number of carboxylic acid groups (broad SMARTS) is 1. The number of nitrogen functional groups attached to an aromatic ring is 1. The molecule has 3 heterocycles. The summed E-state index contributed by atoms with van der Waals surface area (Å²) in [5.41, 5.74) is 15.3. The molecule has 2 aliphatic rings. The molecule has 4 rings (SSSR count). The van der Waals surface area contributed by atoms with Gasteiger partial charge in [-0.2, -0.15) is 23.4 Å². The number of thiazole rings is 1. The standard InChI is InChI=1S/C18H24N10O8S2/c19-4-1-8(20)9-5-22-27(25-9)6-11-13(15(30)28(11)38(33,34)35)24-14(29)12(10-7-37-17(21)23-10)26-36-18(2-3-18)16(31)32/h5,7-8,11,13H,1-4,6,19-20H2,(H2,21,23)(H,24,29)(H,31,32)(H,33,34,35)/t8-,11-,13-/m0/s1. The predicted molar refractivity (Wildman–Crippen MR) is 128 cm³/mol. The summed E-state index contributed by atoms with van der Waals surface area (Å²) in [5, 5.41) is 24.9. The quantitative estimate of drug-likeness (QED) is 0.0648. The molecule has 1 aliphatic carbocycles. The summed E-state index contributed by atoms with van der Waals surface area (Å²) >= 11 is 0.967. The number of amides is 2. The van der Waals surface area contributed by atoms with E-state index in [2.05, 4.69) is 25.7 Å². The number of oxime groups is 1. The lowest BCUT2D eigenvalue weighted by Crippen LogP contribution is -2.73. The van der Waals surface area contributed by atoms with Crippen LogP contribution in [-0.4, -0.2) is 90.1 Å². The normalized spacial score (nSPS) is 21.5. The van der Waals surface area contributed by atoms with Gasteiger partial charge < -0.3 is 32.5 Å². The largest absolute Gasteiger partial charge is 0.478 e. The zero-order valence-electron chi connectivity index (χ0n) is 19.5. The first kappa shape index (κ1) is 27.3. The molecule has 2 fully saturated rings. The number of rotatable bonds is 12. The van der Waals surface area contributed by atoms with Crippen molar-refractivity contribution < 1.29 is 37.3 Å². The van der Waals surface area contributed by atoms with Crippen molar-refractivity contribution in [3.05, 3.63) is 23.0 Å². The Labute approximate surface area is 218 Å². The Balaban J connectivity index is 1.57. The fourth-order valence-electron chi connectivity index (χ4n) is 3.61. The maximum absolute atomic E-state index is 13.1. The van der Waals surface area contributed by atoms with E-state index in [-0.39, 0.29) is 34.5 Å². The highest BCUT2D eigenvalue weighted by molar-refractivity contribution is 7.84. The van der Waals surface area contributed by atoms with E-state index in [0.717, 1.165) is 16.1 Å². The molecule has 0 bridgehead atoms. The summed E-state index contributed by atoms with van der Waals surface area (Å²) in [7, 11) is -5.00. The molecule has 1 saturated heterocycles. The van der Waals surface area contributed by atoms with Gasteiger partial charge in [0.15, 0.2) is 10.8 Å². The van der Waals surface area contributed by atoms with Gasteiger partial charge in [-0.25, -0.2) is 14.1 Å². The smallest absolute Gasteiger partial charge is 0.362 e. The number of β-lactam (4-membered cyclic amide) rings is 1. The lowest BCUT2D eigenvalue weighted by Gasteiger charge is -2.43. The predicted octanol–water partition coefficient (Wildman–Crippen LogP) is -2.80. The van der Waals surface area contributed by atoms with Crippen molar-refractivity contribution in [2.24, 2.45) is 16.6 Å². The van der Waals surface area contributed by atoms with E-state index in [1.54, 1.807) is 0 Å². The monoisotopic (exact) mass is 572 g/mol. The molecule has 1 aliphatic heterocycles. The molecule has 3 atom stereocenters. The lowest BCUT2D eigenvalue weighted by molar-refractivity contribution is -0.153. The van der Waals surface area contributed by atoms with Gasteiger partial charge in [-0.05, 0) is 13.0 Å². The van der Waals surface area contributed by atoms with Gasteiger partial charge in [0.2, 0.25) is 5.60 Å². The van der Waals surface area contributed by atoms with Crippen molar-refractivity contribution in [2.75, 3.05) is 12.3 Å². The Kier molecular flexibility index (Phi) is 7.34. The Morgan fingerprint density at radius 1 is 1.39 bits per heavy atom. The van der Waals surface area contributed by atoms with Crippen LogP contribution in [0.5, 0.6) is 0 Å². The molecule has 206 valence electrons. The van der Waals surface area contributed by atoms with Crippen LogP contribution in [0.1, 0.15) is 36.7 Å². The number of carbonyl (C=O) groups excluding carboxylic acids is 2. The molecule has 0 unspecified atom stereocenters. The Bertz CT molecular complexity index is 1380. The van der Waals surface area contributed by atoms with Crippen molar-refractivity contribution >= 4 is 50.3 Å². The second-order valence-corrected chi connectivity index (χ2v) is 10.7. The van der Waals surface area contributed by atoms with Crippen molar-refractivity contribution in [1.29, 1.82) is 0 Å². The van der Waals surface area contributed by atoms with Gasteiger partial charge in [-0.1, -0.05) is 5.16 Å². The van der Waals surface area contributed by atoms with Crippen LogP contribution in [0.2, 0.25) is 0 Å². The number of nitrogens with zero attached hydrogens (tertiary/aromatic N) is 6. The van der Waals surface area contributed by atoms with Crippen LogP contribution in [0, 0.1) is 0 Å². The van der Waals surface area contributed by atoms with Crippen molar-refractivity contribution in [3.63, 3.8) is 0 Å². The molecule has 1 saturated carbocycles. The van der Waals surface area contributed by atoms with Crippen LogP contribution in [-0.2, 0) is 36.1 Å². The maximum Gasteiger partial charge on any atom is 0.362 e. The van der Waals surface area contributed by atoms with Crippen LogP contribution in [0.3, 0.4) is 0 Å². The number of hydrogen-bond donors (Lipinski definition) is 6. The van der Waals surface area contributed by atoms with Crippen LogP contribution in [0.15, 0.2) is 16.7 Å². The van der Waals surface area contributed by atoms with Gasteiger partial charge in [0.1, 0.15) is 17.8 Å². The molecule has 0 aromatic carbocycles. The van der Waals surface area contributed by atoms with Crippen molar-refractivity contribution in [2.45, 2.75) is 49.5 Å². The van der Waals surface area contributed by atoms with Gasteiger partial charge in [-0.15, -0.1) is 11.3 Å². The minimum absolute atomic E-state index is 0.0616. The van der Waals surface area contributed by atoms with Crippen LogP contribution in [0.4, 0.5) is 5.13 Å². The Hall–Kier alpha value is -3.72. The summed E-state index contributed by atoms with van der Waals surface area (Å²) in [6.45, 7) is -0.0534. The van der Waals surface area contributed by atoms with Crippen LogP contribution in [0.25, 0.3) is 0 Å². The van der Waals surface area contributed by atoms with Gasteiger partial charge >= 0.3 is 16.3 Å². The molecule has 2 aromatic rings. The van der Waals surface area contributed by atoms with Crippen LogP contribution >= 0.6 is 11.3 Å². The van der Waals surface area contributed by atoms with E-state index in [4.69, 9.17) is 22.0 Å². The van der Waals surface area contributed by atoms with Crippen LogP contribution < -0.4 is 22.5 Å². The van der Waals surface area contributed by atoms with Gasteiger partial charge in [-0.3, -0.25) is 14.1 Å². The number of nitrogens with two attached hydrogens (primary N) is 3. The topological polar surface area (TPSA) is 284 Å². The number of carboxylic acids is 1. The summed E-state index contributed by atoms with van der Waals surface area (Å²) in [4.78, 5) is 47.3. The van der Waals surface area contributed by atoms with E-state index >= 15 is 0 Å². The second-order valence-electron chi connectivity index (χ2n) is 8.54. The molecule has 38 heavy (non-hydrogen) atoms. The molecular formula is C18H24N10O8S2. The van der Waals surface area contributed by atoms with Gasteiger partial charge in [0.25, 0.3) is 11.8 Å². The molecular weight excluding hydrogens is 548 g/mol. The first-order chi connectivity index (χ1) is 17.9. The SMILES string of the molecule is NCC[C@H](N)c1cnn(C[C@H]2[C@H](NC(=O)C(=NOC3(C(=O)O)CC3)c3csc(N)n3)C(=O)N2S(=O)(=O)O)n1. The zero-order valence-corrected chi connectivity index (χ0v) is 21.1. The fraction of sp³-hybridized carbons (Fsp3) is 0.500. The number of hydrogen-bond acceptors (Lipinski definition) is 14. The molecule has 18 nitrogen and oxygen atoms in total. The van der Waals surface area contributed by atoms with E-state index in [1.165, 1.54) is 11.6 Å². The molecule has 20 heteroatoms. The lowest BCUT2D eigenvalue weighted by atomic mass is 9.98. The minimum atomic E-state index is -5.00. The number of aromatic nitrogens is 4. The Morgan fingerprint density at radius 2 is 2.11 bits per heavy atom. The first-order valence-corrected chi connectivity index (χ1v) is 13.3. The molecule has 0 spiro atoms. The number of anilines is 1. The average Bonchev–Trinajstić information content (AvgIpc) is 3.27. The summed E-state index contributed by atoms with van der Waals surface area (Å²) in [6.07, 6.45) is 2.09.